The van der Waals surface area contributed by atoms with Gasteiger partial charge in [0.1, 0.15) is 24.0 Å². The first-order valence-corrected chi connectivity index (χ1v) is 13.8. The maximum absolute atomic E-state index is 13.5. The highest BCUT2D eigenvalue weighted by Crippen LogP contribution is 2.28. The first kappa shape index (κ1) is 27.7. The Hall–Kier alpha value is -4.87. The Morgan fingerprint density at radius 2 is 1.85 bits per heavy atom. The van der Waals surface area contributed by atoms with E-state index >= 15 is 0 Å². The molecule has 1 fully saturated rings. The Balaban J connectivity index is 1.34. The van der Waals surface area contributed by atoms with Gasteiger partial charge >= 0.3 is 0 Å². The van der Waals surface area contributed by atoms with Crippen molar-refractivity contribution >= 4 is 23.4 Å². The predicted molar refractivity (Wildman–Crippen MR) is 154 cm³/mol. The summed E-state index contributed by atoms with van der Waals surface area (Å²) in [5.41, 5.74) is 1.79. The number of nitrogens with one attached hydrogen (secondary N) is 3. The van der Waals surface area contributed by atoms with Crippen molar-refractivity contribution in [3.8, 4) is 5.82 Å². The lowest BCUT2D eigenvalue weighted by Crippen LogP contribution is -2.41. The van der Waals surface area contributed by atoms with E-state index in [0.717, 1.165) is 24.0 Å². The first-order valence-electron chi connectivity index (χ1n) is 13.8. The van der Waals surface area contributed by atoms with Gasteiger partial charge in [0, 0.05) is 56.1 Å². The summed E-state index contributed by atoms with van der Waals surface area (Å²) in [6, 6.07) is 11.3. The third kappa shape index (κ3) is 7.84. The molecule has 5 rings (SSSR count). The predicted octanol–water partition coefficient (Wildman–Crippen LogP) is 4.64. The minimum Gasteiger partial charge on any atom is -0.358 e. The monoisotopic (exact) mass is 555 g/mol. The molecule has 1 amide bonds. The van der Waals surface area contributed by atoms with Crippen LogP contribution in [0.3, 0.4) is 0 Å². The molecule has 1 aromatic carbocycles. The number of hydrogen-bond donors (Lipinski definition) is 3. The molecule has 12 heteroatoms. The fourth-order valence-corrected chi connectivity index (χ4v) is 5.01. The summed E-state index contributed by atoms with van der Waals surface area (Å²) < 4.78 is 1.78. The van der Waals surface area contributed by atoms with Crippen LogP contribution in [0, 0.1) is 16.0 Å². The number of anilines is 2. The van der Waals surface area contributed by atoms with Gasteiger partial charge in [-0.25, -0.2) is 4.98 Å². The second-order valence-electron chi connectivity index (χ2n) is 10.2. The third-order valence-electron chi connectivity index (χ3n) is 7.20. The van der Waals surface area contributed by atoms with Gasteiger partial charge in [-0.05, 0) is 29.5 Å². The molecule has 1 aliphatic carbocycles. The maximum atomic E-state index is 13.5. The summed E-state index contributed by atoms with van der Waals surface area (Å²) in [6.07, 6.45) is 15.1. The van der Waals surface area contributed by atoms with Crippen LogP contribution in [-0.2, 0) is 17.9 Å². The molecule has 1 aliphatic rings. The number of imidazole rings is 1. The molecule has 212 valence electrons. The zero-order chi connectivity index (χ0) is 28.4. The minimum absolute atomic E-state index is 0.0160. The van der Waals surface area contributed by atoms with Crippen molar-refractivity contribution in [3.05, 3.63) is 94.8 Å². The molecule has 4 aromatic rings. The van der Waals surface area contributed by atoms with Crippen LogP contribution in [0.2, 0.25) is 0 Å². The molecular weight excluding hydrogens is 522 g/mol. The van der Waals surface area contributed by atoms with E-state index in [4.69, 9.17) is 0 Å². The van der Waals surface area contributed by atoms with Crippen LogP contribution in [0.25, 0.3) is 5.82 Å². The average Bonchev–Trinajstić information content (AvgIpc) is 3.55. The van der Waals surface area contributed by atoms with Gasteiger partial charge in [-0.15, -0.1) is 0 Å². The summed E-state index contributed by atoms with van der Waals surface area (Å²) in [6.45, 7) is 0.754. The molecule has 41 heavy (non-hydrogen) atoms. The van der Waals surface area contributed by atoms with Crippen LogP contribution >= 0.6 is 0 Å². The van der Waals surface area contributed by atoms with E-state index in [9.17, 15) is 14.9 Å². The van der Waals surface area contributed by atoms with E-state index in [0.29, 0.717) is 36.5 Å². The topological polar surface area (TPSA) is 153 Å². The number of aromatic nitrogens is 5. The Morgan fingerprint density at radius 1 is 1.02 bits per heavy atom. The number of amides is 1. The lowest BCUT2D eigenvalue weighted by atomic mass is 9.84. The summed E-state index contributed by atoms with van der Waals surface area (Å²) in [5, 5.41) is 20.6. The molecule has 1 saturated carbocycles. The van der Waals surface area contributed by atoms with Gasteiger partial charge in [-0.1, -0.05) is 50.3 Å². The number of hydrogen-bond acceptors (Lipinski definition) is 9. The van der Waals surface area contributed by atoms with Gasteiger partial charge < -0.3 is 16.0 Å². The van der Waals surface area contributed by atoms with Crippen molar-refractivity contribution in [3.63, 3.8) is 0 Å². The highest BCUT2D eigenvalue weighted by atomic mass is 16.6. The van der Waals surface area contributed by atoms with Gasteiger partial charge in [0.05, 0.1) is 4.92 Å². The lowest BCUT2D eigenvalue weighted by molar-refractivity contribution is -0.384. The molecule has 12 nitrogen and oxygen atoms in total. The number of rotatable bonds is 12. The van der Waals surface area contributed by atoms with Crippen molar-refractivity contribution in [2.45, 2.75) is 57.7 Å². The van der Waals surface area contributed by atoms with E-state index in [-0.39, 0.29) is 18.1 Å². The molecular formula is C29H33N9O3. The summed E-state index contributed by atoms with van der Waals surface area (Å²) in [5.74, 6) is 1.82. The van der Waals surface area contributed by atoms with Crippen molar-refractivity contribution in [2.24, 2.45) is 5.92 Å². The minimum atomic E-state index is -0.521. The highest BCUT2D eigenvalue weighted by Gasteiger charge is 2.25. The van der Waals surface area contributed by atoms with E-state index in [2.05, 4.69) is 35.9 Å². The van der Waals surface area contributed by atoms with E-state index < -0.39 is 11.0 Å². The fourth-order valence-electron chi connectivity index (χ4n) is 5.01. The number of non-ortho nitro benzene ring substituents is 1. The second kappa shape index (κ2) is 13.5. The van der Waals surface area contributed by atoms with E-state index in [1.165, 1.54) is 31.4 Å². The SMILES string of the molecule is O=C(NCc1ccc([N+](=O)[O-])cc1)C(CC1CCCCC1)Nc1cc(-n2ccnc2)nc(NCc2cccnc2)n1. The third-order valence-corrected chi connectivity index (χ3v) is 7.20. The number of pyridine rings is 1. The van der Waals surface area contributed by atoms with Crippen LogP contribution < -0.4 is 16.0 Å². The van der Waals surface area contributed by atoms with Crippen LogP contribution in [0.4, 0.5) is 17.5 Å². The van der Waals surface area contributed by atoms with Crippen LogP contribution in [0.1, 0.15) is 49.7 Å². The molecule has 3 heterocycles. The van der Waals surface area contributed by atoms with E-state index in [1.807, 2.05) is 12.1 Å². The zero-order valence-electron chi connectivity index (χ0n) is 22.6. The molecule has 1 unspecified atom stereocenters. The Bertz CT molecular complexity index is 1420. The summed E-state index contributed by atoms with van der Waals surface area (Å²) in [4.78, 5) is 41.7. The lowest BCUT2D eigenvalue weighted by Gasteiger charge is -2.27. The molecule has 0 spiro atoms. The molecule has 0 aliphatic heterocycles. The van der Waals surface area contributed by atoms with Crippen LogP contribution in [0.15, 0.2) is 73.6 Å². The van der Waals surface area contributed by atoms with Gasteiger partial charge in [0.2, 0.25) is 11.9 Å². The number of nitro groups is 1. The molecule has 3 aromatic heterocycles. The molecule has 0 saturated heterocycles. The van der Waals surface area contributed by atoms with Crippen LogP contribution in [0.5, 0.6) is 0 Å². The normalized spacial score (nSPS) is 14.2. The standard InChI is InChI=1S/C29H33N9O3/c39-28(32-18-22-8-10-24(11-9-22)38(40)41)25(15-21-5-2-1-3-6-21)34-26-16-27(37-14-13-31-20-37)36-29(35-26)33-19-23-7-4-12-30-17-23/h4,7-14,16-17,20-21,25H,1-3,5-6,15,18-19H2,(H,32,39)(H2,33,34,35,36). The molecule has 1 atom stereocenters. The molecule has 0 radical (unpaired) electrons. The molecule has 3 N–H and O–H groups in total. The number of carbonyl (C=O) groups excluding carboxylic acids is 1. The fraction of sp³-hybridized carbons (Fsp3) is 0.345. The largest absolute Gasteiger partial charge is 0.358 e. The number of benzene rings is 1. The van der Waals surface area contributed by atoms with Crippen molar-refractivity contribution in [1.82, 2.24) is 29.8 Å². The van der Waals surface area contributed by atoms with Crippen LogP contribution in [-0.4, -0.2) is 41.4 Å². The average molecular weight is 556 g/mol. The first-order chi connectivity index (χ1) is 20.0. The van der Waals surface area contributed by atoms with Gasteiger partial charge in [0.25, 0.3) is 5.69 Å². The van der Waals surface area contributed by atoms with Crippen molar-refractivity contribution in [2.75, 3.05) is 10.6 Å². The highest BCUT2D eigenvalue weighted by molar-refractivity contribution is 5.84. The van der Waals surface area contributed by atoms with Crippen molar-refractivity contribution < 1.29 is 9.72 Å². The number of nitro benzene ring substituents is 1. The Labute approximate surface area is 237 Å². The number of nitrogens with zero attached hydrogens (tertiary/aromatic N) is 6. The van der Waals surface area contributed by atoms with Crippen molar-refractivity contribution in [1.29, 1.82) is 0 Å². The smallest absolute Gasteiger partial charge is 0.269 e. The quantitative estimate of drug-likeness (QED) is 0.167. The summed E-state index contributed by atoms with van der Waals surface area (Å²) in [7, 11) is 0. The second-order valence-corrected chi connectivity index (χ2v) is 10.2. The maximum Gasteiger partial charge on any atom is 0.269 e. The zero-order valence-corrected chi connectivity index (χ0v) is 22.6. The van der Waals surface area contributed by atoms with Gasteiger partial charge in [-0.2, -0.15) is 9.97 Å². The van der Waals surface area contributed by atoms with Gasteiger partial charge in [0.15, 0.2) is 0 Å². The Kier molecular flexibility index (Phi) is 9.09. The molecule has 0 bridgehead atoms. The van der Waals surface area contributed by atoms with E-state index in [1.54, 1.807) is 53.9 Å². The summed E-state index contributed by atoms with van der Waals surface area (Å²) >= 11 is 0. The number of carbonyl (C=O) groups is 1. The Morgan fingerprint density at radius 3 is 2.56 bits per heavy atom. The van der Waals surface area contributed by atoms with Gasteiger partial charge in [-0.3, -0.25) is 24.5 Å².